The van der Waals surface area contributed by atoms with Crippen LogP contribution in [0.3, 0.4) is 0 Å². The van der Waals surface area contributed by atoms with E-state index in [0.29, 0.717) is 15.1 Å². The standard InChI is InChI=1S/C24H27Cl3N2O2/c1-16(24(31)28-20-8-3-2-4-9-20)29(15-18-11-12-19(25)14-22(18)27)23(30)13-17-7-5-6-10-21(17)26/h5-7,10-12,14,16,20H,2-4,8-9,13,15H2,1H3,(H,28,31)/t16-/m1/s1. The molecule has 0 spiro atoms. The summed E-state index contributed by atoms with van der Waals surface area (Å²) in [5.74, 6) is -0.338. The topological polar surface area (TPSA) is 49.4 Å². The predicted molar refractivity (Wildman–Crippen MR) is 127 cm³/mol. The van der Waals surface area contributed by atoms with Crippen LogP contribution >= 0.6 is 34.8 Å². The molecule has 1 N–H and O–H groups in total. The normalized spacial score (nSPS) is 15.4. The Balaban J connectivity index is 1.80. The van der Waals surface area contributed by atoms with Crippen LogP contribution in [-0.2, 0) is 22.6 Å². The average Bonchev–Trinajstić information content (AvgIpc) is 2.75. The fourth-order valence-corrected chi connectivity index (χ4v) is 4.56. The zero-order valence-electron chi connectivity index (χ0n) is 17.5. The summed E-state index contributed by atoms with van der Waals surface area (Å²) < 4.78 is 0. The number of hydrogen-bond acceptors (Lipinski definition) is 2. The highest BCUT2D eigenvalue weighted by molar-refractivity contribution is 6.35. The third-order valence-corrected chi connectivity index (χ3v) is 6.73. The van der Waals surface area contributed by atoms with E-state index in [9.17, 15) is 9.59 Å². The van der Waals surface area contributed by atoms with E-state index in [4.69, 9.17) is 34.8 Å². The predicted octanol–water partition coefficient (Wildman–Crippen LogP) is 6.06. The van der Waals surface area contributed by atoms with Crippen LogP contribution in [0.15, 0.2) is 42.5 Å². The van der Waals surface area contributed by atoms with Gasteiger partial charge in [-0.3, -0.25) is 9.59 Å². The van der Waals surface area contributed by atoms with Crippen LogP contribution in [-0.4, -0.2) is 28.8 Å². The van der Waals surface area contributed by atoms with Gasteiger partial charge in [0, 0.05) is 27.7 Å². The monoisotopic (exact) mass is 480 g/mol. The summed E-state index contributed by atoms with van der Waals surface area (Å²) in [5, 5.41) is 4.63. The van der Waals surface area contributed by atoms with Gasteiger partial charge in [0.05, 0.1) is 6.42 Å². The van der Waals surface area contributed by atoms with Crippen molar-refractivity contribution in [2.24, 2.45) is 0 Å². The van der Waals surface area contributed by atoms with Crippen LogP contribution in [0.5, 0.6) is 0 Å². The molecule has 1 aliphatic rings. The average molecular weight is 482 g/mol. The van der Waals surface area contributed by atoms with Crippen molar-refractivity contribution in [1.82, 2.24) is 10.2 Å². The molecule has 1 aliphatic carbocycles. The second kappa shape index (κ2) is 11.2. The van der Waals surface area contributed by atoms with Gasteiger partial charge in [0.15, 0.2) is 0 Å². The summed E-state index contributed by atoms with van der Waals surface area (Å²) >= 11 is 18.6. The number of rotatable bonds is 7. The van der Waals surface area contributed by atoms with Gasteiger partial charge < -0.3 is 10.2 Å². The number of carbonyl (C=O) groups excluding carboxylic acids is 2. The van der Waals surface area contributed by atoms with Crippen molar-refractivity contribution in [3.8, 4) is 0 Å². The molecule has 0 unspecified atom stereocenters. The molecule has 4 nitrogen and oxygen atoms in total. The van der Waals surface area contributed by atoms with Crippen molar-refractivity contribution >= 4 is 46.6 Å². The van der Waals surface area contributed by atoms with Gasteiger partial charge in [-0.25, -0.2) is 0 Å². The minimum absolute atomic E-state index is 0.103. The minimum atomic E-state index is -0.649. The lowest BCUT2D eigenvalue weighted by Gasteiger charge is -2.31. The van der Waals surface area contributed by atoms with E-state index in [-0.39, 0.29) is 30.8 Å². The Labute approximate surface area is 198 Å². The Hall–Kier alpha value is -1.75. The second-order valence-corrected chi connectivity index (χ2v) is 9.30. The van der Waals surface area contributed by atoms with Gasteiger partial charge in [0.2, 0.25) is 11.8 Å². The van der Waals surface area contributed by atoms with Gasteiger partial charge >= 0.3 is 0 Å². The van der Waals surface area contributed by atoms with Gasteiger partial charge in [-0.05, 0) is 49.1 Å². The molecule has 1 atom stereocenters. The summed E-state index contributed by atoms with van der Waals surface area (Å²) in [6.07, 6.45) is 5.51. The van der Waals surface area contributed by atoms with Crippen molar-refractivity contribution in [3.63, 3.8) is 0 Å². The van der Waals surface area contributed by atoms with Crippen molar-refractivity contribution in [2.75, 3.05) is 0 Å². The van der Waals surface area contributed by atoms with Crippen LogP contribution in [0.1, 0.15) is 50.2 Å². The van der Waals surface area contributed by atoms with Gasteiger partial charge in [-0.15, -0.1) is 0 Å². The summed E-state index contributed by atoms with van der Waals surface area (Å²) in [4.78, 5) is 27.9. The number of nitrogens with zero attached hydrogens (tertiary/aromatic N) is 1. The molecule has 0 bridgehead atoms. The molecule has 1 saturated carbocycles. The highest BCUT2D eigenvalue weighted by Gasteiger charge is 2.29. The molecule has 3 rings (SSSR count). The first-order chi connectivity index (χ1) is 14.8. The van der Waals surface area contributed by atoms with Gasteiger partial charge in [0.1, 0.15) is 6.04 Å². The zero-order valence-corrected chi connectivity index (χ0v) is 19.8. The molecule has 2 amide bonds. The van der Waals surface area contributed by atoms with Crippen LogP contribution in [0.25, 0.3) is 0 Å². The molecule has 2 aromatic carbocycles. The zero-order chi connectivity index (χ0) is 22.4. The van der Waals surface area contributed by atoms with Crippen LogP contribution < -0.4 is 5.32 Å². The maximum Gasteiger partial charge on any atom is 0.242 e. The first-order valence-corrected chi connectivity index (χ1v) is 11.8. The molecule has 0 radical (unpaired) electrons. The van der Waals surface area contributed by atoms with E-state index in [1.165, 1.54) is 6.42 Å². The Morgan fingerprint density at radius 1 is 1.00 bits per heavy atom. The highest BCUT2D eigenvalue weighted by atomic mass is 35.5. The van der Waals surface area contributed by atoms with Gasteiger partial charge in [0.25, 0.3) is 0 Å². The van der Waals surface area contributed by atoms with E-state index in [1.807, 2.05) is 18.2 Å². The third-order valence-electron chi connectivity index (χ3n) is 5.77. The summed E-state index contributed by atoms with van der Waals surface area (Å²) in [5.41, 5.74) is 1.46. The van der Waals surface area contributed by atoms with E-state index in [0.717, 1.165) is 36.8 Å². The lowest BCUT2D eigenvalue weighted by atomic mass is 9.95. The Bertz CT molecular complexity index is 929. The van der Waals surface area contributed by atoms with Crippen LogP contribution in [0.2, 0.25) is 15.1 Å². The van der Waals surface area contributed by atoms with E-state index in [1.54, 1.807) is 36.1 Å². The number of halogens is 3. The number of nitrogens with one attached hydrogen (secondary N) is 1. The lowest BCUT2D eigenvalue weighted by Crippen LogP contribution is -2.50. The largest absolute Gasteiger partial charge is 0.352 e. The maximum atomic E-state index is 13.3. The smallest absolute Gasteiger partial charge is 0.242 e. The first kappa shape index (κ1) is 23.9. The SMILES string of the molecule is C[C@H](C(=O)NC1CCCCC1)N(Cc1ccc(Cl)cc1Cl)C(=O)Cc1ccccc1Cl. The molecular weight excluding hydrogens is 455 g/mol. The number of hydrogen-bond donors (Lipinski definition) is 1. The minimum Gasteiger partial charge on any atom is -0.352 e. The number of benzene rings is 2. The van der Waals surface area contributed by atoms with Crippen molar-refractivity contribution in [3.05, 3.63) is 68.7 Å². The third kappa shape index (κ3) is 6.61. The number of amides is 2. The molecule has 166 valence electrons. The Morgan fingerprint density at radius 2 is 1.71 bits per heavy atom. The lowest BCUT2D eigenvalue weighted by molar-refractivity contribution is -0.140. The molecule has 1 fully saturated rings. The van der Waals surface area contributed by atoms with Crippen molar-refractivity contribution < 1.29 is 9.59 Å². The van der Waals surface area contributed by atoms with E-state index < -0.39 is 6.04 Å². The number of carbonyl (C=O) groups is 2. The highest BCUT2D eigenvalue weighted by Crippen LogP contribution is 2.25. The van der Waals surface area contributed by atoms with Gasteiger partial charge in [-0.1, -0.05) is 78.3 Å². The van der Waals surface area contributed by atoms with Crippen LogP contribution in [0, 0.1) is 0 Å². The molecule has 0 heterocycles. The van der Waals surface area contributed by atoms with Crippen molar-refractivity contribution in [1.29, 1.82) is 0 Å². The first-order valence-electron chi connectivity index (χ1n) is 10.6. The van der Waals surface area contributed by atoms with Gasteiger partial charge in [-0.2, -0.15) is 0 Å². The molecule has 0 saturated heterocycles. The molecule has 7 heteroatoms. The summed E-state index contributed by atoms with van der Waals surface area (Å²) in [6, 6.07) is 11.9. The Morgan fingerprint density at radius 3 is 2.39 bits per heavy atom. The second-order valence-electron chi connectivity index (χ2n) is 8.05. The Kier molecular flexibility index (Phi) is 8.65. The summed E-state index contributed by atoms with van der Waals surface area (Å²) in [7, 11) is 0. The van der Waals surface area contributed by atoms with Crippen molar-refractivity contribution in [2.45, 2.75) is 64.1 Å². The maximum absolute atomic E-state index is 13.3. The molecule has 31 heavy (non-hydrogen) atoms. The van der Waals surface area contributed by atoms with E-state index >= 15 is 0 Å². The fraction of sp³-hybridized carbons (Fsp3) is 0.417. The quantitative estimate of drug-likeness (QED) is 0.523. The summed E-state index contributed by atoms with van der Waals surface area (Å²) in [6.45, 7) is 1.96. The molecule has 0 aliphatic heterocycles. The van der Waals surface area contributed by atoms with Crippen LogP contribution in [0.4, 0.5) is 0 Å². The molecule has 0 aromatic heterocycles. The van der Waals surface area contributed by atoms with E-state index in [2.05, 4.69) is 5.32 Å². The molecular formula is C24H27Cl3N2O2. The molecule has 2 aromatic rings. The fourth-order valence-electron chi connectivity index (χ4n) is 3.89.